The standard InChI is InChI=1S/C18H15B2NO/c19-12-6-8-17-15(10-12)16-11-13(20-22)7-9-18(16)21(17)14-4-2-1-3-5-14/h1-11,20,22H,19H2. The van der Waals surface area contributed by atoms with Gasteiger partial charge in [-0.25, -0.2) is 0 Å². The Labute approximate surface area is 130 Å². The monoisotopic (exact) mass is 283 g/mol. The van der Waals surface area contributed by atoms with Crippen molar-refractivity contribution in [1.29, 1.82) is 0 Å². The van der Waals surface area contributed by atoms with Gasteiger partial charge in [-0.15, -0.1) is 0 Å². The normalized spacial score (nSPS) is 11.1. The first-order valence-corrected chi connectivity index (χ1v) is 7.48. The van der Waals surface area contributed by atoms with E-state index in [1.807, 2.05) is 12.1 Å². The molecule has 0 fully saturated rings. The van der Waals surface area contributed by atoms with E-state index in [4.69, 9.17) is 0 Å². The van der Waals surface area contributed by atoms with Crippen LogP contribution in [0, 0.1) is 0 Å². The molecule has 0 atom stereocenters. The molecule has 0 saturated heterocycles. The quantitative estimate of drug-likeness (QED) is 0.546. The van der Waals surface area contributed by atoms with E-state index in [1.54, 1.807) is 0 Å². The largest absolute Gasteiger partial charge is 0.449 e. The van der Waals surface area contributed by atoms with Crippen LogP contribution in [0.1, 0.15) is 0 Å². The van der Waals surface area contributed by atoms with Crippen LogP contribution in [-0.4, -0.2) is 24.9 Å². The van der Waals surface area contributed by atoms with E-state index in [0.717, 1.165) is 11.2 Å². The molecule has 0 aliphatic rings. The Morgan fingerprint density at radius 3 is 2.23 bits per heavy atom. The molecule has 22 heavy (non-hydrogen) atoms. The van der Waals surface area contributed by atoms with Gasteiger partial charge in [-0.3, -0.25) is 0 Å². The van der Waals surface area contributed by atoms with E-state index >= 15 is 0 Å². The number of para-hydroxylation sites is 1. The van der Waals surface area contributed by atoms with Crippen molar-refractivity contribution in [3.05, 3.63) is 66.7 Å². The summed E-state index contributed by atoms with van der Waals surface area (Å²) < 4.78 is 2.28. The van der Waals surface area contributed by atoms with Crippen LogP contribution in [0.5, 0.6) is 0 Å². The predicted molar refractivity (Wildman–Crippen MR) is 98.0 cm³/mol. The summed E-state index contributed by atoms with van der Waals surface area (Å²) in [5.74, 6) is 0. The van der Waals surface area contributed by atoms with E-state index < -0.39 is 0 Å². The van der Waals surface area contributed by atoms with Crippen LogP contribution >= 0.6 is 0 Å². The van der Waals surface area contributed by atoms with E-state index in [-0.39, 0.29) is 7.48 Å². The third-order valence-corrected chi connectivity index (χ3v) is 4.18. The Hall–Kier alpha value is -2.45. The molecule has 1 N–H and O–H groups in total. The highest BCUT2D eigenvalue weighted by atomic mass is 16.2. The van der Waals surface area contributed by atoms with Gasteiger partial charge in [0.1, 0.15) is 7.85 Å². The summed E-state index contributed by atoms with van der Waals surface area (Å²) in [7, 11) is 2.18. The molecule has 0 unspecified atom stereocenters. The zero-order valence-corrected chi connectivity index (χ0v) is 12.5. The highest BCUT2D eigenvalue weighted by molar-refractivity contribution is 6.46. The van der Waals surface area contributed by atoms with Gasteiger partial charge in [0, 0.05) is 16.5 Å². The van der Waals surface area contributed by atoms with Gasteiger partial charge in [-0.05, 0) is 24.3 Å². The summed E-state index contributed by atoms with van der Waals surface area (Å²) in [6.07, 6.45) is 0. The van der Waals surface area contributed by atoms with Crippen molar-refractivity contribution < 1.29 is 5.02 Å². The zero-order valence-electron chi connectivity index (χ0n) is 12.5. The molecule has 0 aliphatic carbocycles. The molecule has 0 aliphatic heterocycles. The van der Waals surface area contributed by atoms with E-state index in [2.05, 4.69) is 67.0 Å². The first-order chi connectivity index (χ1) is 10.8. The lowest BCUT2D eigenvalue weighted by Crippen LogP contribution is -2.12. The SMILES string of the molecule is Bc1ccc2c(c1)c1cc(BO)ccc1n2-c1ccccc1. The second-order valence-electron chi connectivity index (χ2n) is 5.70. The number of hydrogen-bond acceptors (Lipinski definition) is 1. The zero-order chi connectivity index (χ0) is 15.1. The first kappa shape index (κ1) is 13.2. The predicted octanol–water partition coefficient (Wildman–Crippen LogP) is 1.01. The molecule has 0 radical (unpaired) electrons. The van der Waals surface area contributed by atoms with Crippen molar-refractivity contribution in [2.45, 2.75) is 0 Å². The van der Waals surface area contributed by atoms with Crippen molar-refractivity contribution in [1.82, 2.24) is 4.57 Å². The average Bonchev–Trinajstić information content (AvgIpc) is 2.88. The van der Waals surface area contributed by atoms with Gasteiger partial charge >= 0.3 is 7.48 Å². The van der Waals surface area contributed by atoms with Gasteiger partial charge in [0.05, 0.1) is 11.0 Å². The molecule has 2 nitrogen and oxygen atoms in total. The van der Waals surface area contributed by atoms with Crippen LogP contribution in [0.25, 0.3) is 27.5 Å². The third-order valence-electron chi connectivity index (χ3n) is 4.18. The molecule has 0 saturated carbocycles. The number of nitrogens with zero attached hydrogens (tertiary/aromatic N) is 1. The lowest BCUT2D eigenvalue weighted by molar-refractivity contribution is 0.615. The summed E-state index contributed by atoms with van der Waals surface area (Å²) in [5.41, 5.74) is 5.71. The van der Waals surface area contributed by atoms with E-state index in [9.17, 15) is 5.02 Å². The fourth-order valence-corrected chi connectivity index (χ4v) is 3.14. The van der Waals surface area contributed by atoms with Crippen LogP contribution in [-0.2, 0) is 0 Å². The first-order valence-electron chi connectivity index (χ1n) is 7.48. The van der Waals surface area contributed by atoms with E-state index in [0.29, 0.717) is 0 Å². The Kier molecular flexibility index (Phi) is 3.05. The molecule has 0 bridgehead atoms. The van der Waals surface area contributed by atoms with Crippen LogP contribution < -0.4 is 10.9 Å². The van der Waals surface area contributed by atoms with Crippen LogP contribution in [0.4, 0.5) is 0 Å². The molecule has 4 rings (SSSR count). The van der Waals surface area contributed by atoms with Crippen LogP contribution in [0.3, 0.4) is 0 Å². The summed E-state index contributed by atoms with van der Waals surface area (Å²) in [6.45, 7) is 0. The van der Waals surface area contributed by atoms with Gasteiger partial charge in [0.25, 0.3) is 0 Å². The Bertz CT molecular complexity index is 977. The van der Waals surface area contributed by atoms with Gasteiger partial charge in [-0.2, -0.15) is 0 Å². The average molecular weight is 283 g/mol. The van der Waals surface area contributed by atoms with Gasteiger partial charge < -0.3 is 9.59 Å². The maximum atomic E-state index is 9.44. The van der Waals surface area contributed by atoms with Crippen LogP contribution in [0.15, 0.2) is 66.7 Å². The third kappa shape index (κ3) is 1.96. The molecule has 1 aromatic heterocycles. The molecule has 3 aromatic carbocycles. The highest BCUT2D eigenvalue weighted by Crippen LogP contribution is 2.30. The Balaban J connectivity index is 2.18. The maximum Gasteiger partial charge on any atom is 0.304 e. The lowest BCUT2D eigenvalue weighted by Gasteiger charge is -2.07. The molecule has 104 valence electrons. The molecular formula is C18H15B2NO. The van der Waals surface area contributed by atoms with E-state index in [1.165, 1.54) is 27.3 Å². The molecular weight excluding hydrogens is 268 g/mol. The molecule has 1 heterocycles. The minimum Gasteiger partial charge on any atom is -0.449 e. The second-order valence-corrected chi connectivity index (χ2v) is 5.70. The van der Waals surface area contributed by atoms with Gasteiger partial charge in [0.2, 0.25) is 0 Å². The summed E-state index contributed by atoms with van der Waals surface area (Å²) in [4.78, 5) is 0. The van der Waals surface area contributed by atoms with Crippen molar-refractivity contribution >= 4 is 48.1 Å². The summed E-state index contributed by atoms with van der Waals surface area (Å²) >= 11 is 0. The maximum absolute atomic E-state index is 9.44. The number of hydrogen-bond donors (Lipinski definition) is 1. The lowest BCUT2D eigenvalue weighted by atomic mass is 9.87. The molecule has 4 heteroatoms. The number of fused-ring (bicyclic) bond motifs is 3. The molecule has 0 amide bonds. The number of benzene rings is 3. The summed E-state index contributed by atoms with van der Waals surface area (Å²) in [6, 6.07) is 23.1. The minimum atomic E-state index is 0.0692. The Morgan fingerprint density at radius 1 is 0.818 bits per heavy atom. The van der Waals surface area contributed by atoms with Gasteiger partial charge in [-0.1, -0.05) is 53.4 Å². The van der Waals surface area contributed by atoms with Crippen LogP contribution in [0.2, 0.25) is 0 Å². The number of aromatic nitrogens is 1. The highest BCUT2D eigenvalue weighted by Gasteiger charge is 2.12. The molecule has 0 spiro atoms. The second kappa shape index (κ2) is 5.08. The topological polar surface area (TPSA) is 25.2 Å². The smallest absolute Gasteiger partial charge is 0.304 e. The van der Waals surface area contributed by atoms with Crippen molar-refractivity contribution in [2.24, 2.45) is 0 Å². The summed E-state index contributed by atoms with van der Waals surface area (Å²) in [5, 5.41) is 11.9. The Morgan fingerprint density at radius 2 is 1.50 bits per heavy atom. The number of rotatable bonds is 2. The van der Waals surface area contributed by atoms with Crippen molar-refractivity contribution in [2.75, 3.05) is 0 Å². The fraction of sp³-hybridized carbons (Fsp3) is 0. The minimum absolute atomic E-state index is 0.0692. The van der Waals surface area contributed by atoms with Crippen molar-refractivity contribution in [3.63, 3.8) is 0 Å². The fourth-order valence-electron chi connectivity index (χ4n) is 3.14. The molecule has 4 aromatic rings. The van der Waals surface area contributed by atoms with Crippen molar-refractivity contribution in [3.8, 4) is 5.69 Å². The van der Waals surface area contributed by atoms with Gasteiger partial charge in [0.15, 0.2) is 0 Å².